The molecule has 0 aromatic carbocycles. The highest BCUT2D eigenvalue weighted by Gasteiger charge is 2.41. The summed E-state index contributed by atoms with van der Waals surface area (Å²) in [5.41, 5.74) is -0.483. The third-order valence-corrected chi connectivity index (χ3v) is 3.52. The molecule has 5 nitrogen and oxygen atoms in total. The van der Waals surface area contributed by atoms with Crippen LogP contribution in [0.2, 0.25) is 0 Å². The van der Waals surface area contributed by atoms with Gasteiger partial charge in [0.15, 0.2) is 0 Å². The third kappa shape index (κ3) is 7.34. The van der Waals surface area contributed by atoms with Crippen molar-refractivity contribution in [1.29, 1.82) is 0 Å². The third-order valence-electron chi connectivity index (χ3n) is 3.52. The Labute approximate surface area is 128 Å². The first kappa shape index (κ1) is 19.7. The summed E-state index contributed by atoms with van der Waals surface area (Å²) in [6.07, 6.45) is 0.261. The number of alkyl carbamates (subject to hydrolysis) is 1. The van der Waals surface area contributed by atoms with E-state index in [4.69, 9.17) is 9.47 Å². The Morgan fingerprint density at radius 3 is 2.10 bits per heavy atom. The van der Waals surface area contributed by atoms with Crippen LogP contribution in [-0.4, -0.2) is 31.8 Å². The molecule has 5 heteroatoms. The molecule has 1 amide bonds. The first-order valence-electron chi connectivity index (χ1n) is 7.60. The van der Waals surface area contributed by atoms with Gasteiger partial charge in [0.1, 0.15) is 6.61 Å². The van der Waals surface area contributed by atoms with Gasteiger partial charge in [-0.1, -0.05) is 34.6 Å². The zero-order valence-corrected chi connectivity index (χ0v) is 14.5. The standard InChI is InChI=1S/C16H31NO4/c1-8-20-14(19)17-9-10-21-13(18)16(7,12(2)3)11-15(4,5)6/h12H,8-11H2,1-7H3,(H,17,19). The number of esters is 1. The molecule has 0 aliphatic carbocycles. The van der Waals surface area contributed by atoms with Crippen molar-refractivity contribution in [2.45, 2.75) is 54.9 Å². The molecule has 0 heterocycles. The van der Waals surface area contributed by atoms with E-state index in [9.17, 15) is 9.59 Å². The summed E-state index contributed by atoms with van der Waals surface area (Å²) < 4.78 is 10.1. The monoisotopic (exact) mass is 301 g/mol. The Hall–Kier alpha value is -1.26. The number of amides is 1. The molecule has 0 saturated carbocycles. The largest absolute Gasteiger partial charge is 0.463 e. The molecule has 0 radical (unpaired) electrons. The normalized spacial score (nSPS) is 14.5. The van der Waals surface area contributed by atoms with Crippen molar-refractivity contribution in [2.24, 2.45) is 16.7 Å². The van der Waals surface area contributed by atoms with Gasteiger partial charge in [-0.05, 0) is 31.6 Å². The van der Waals surface area contributed by atoms with E-state index in [-0.39, 0.29) is 30.5 Å². The van der Waals surface area contributed by atoms with Crippen molar-refractivity contribution in [1.82, 2.24) is 5.32 Å². The van der Waals surface area contributed by atoms with Gasteiger partial charge in [0, 0.05) is 0 Å². The van der Waals surface area contributed by atoms with E-state index in [1.165, 1.54) is 0 Å². The Morgan fingerprint density at radius 2 is 1.67 bits per heavy atom. The maximum absolute atomic E-state index is 12.4. The minimum absolute atomic E-state index is 0.0429. The summed E-state index contributed by atoms with van der Waals surface area (Å²) in [5, 5.41) is 2.53. The first-order chi connectivity index (χ1) is 9.53. The van der Waals surface area contributed by atoms with Gasteiger partial charge in [0.25, 0.3) is 0 Å². The molecule has 124 valence electrons. The van der Waals surface area contributed by atoms with E-state index < -0.39 is 11.5 Å². The molecule has 0 aliphatic heterocycles. The summed E-state index contributed by atoms with van der Waals surface area (Å²) in [6.45, 7) is 14.8. The van der Waals surface area contributed by atoms with E-state index in [2.05, 4.69) is 26.1 Å². The lowest BCUT2D eigenvalue weighted by atomic mass is 9.69. The van der Waals surface area contributed by atoms with Crippen molar-refractivity contribution in [3.05, 3.63) is 0 Å². The van der Waals surface area contributed by atoms with Crippen LogP contribution < -0.4 is 5.32 Å². The van der Waals surface area contributed by atoms with Crippen LogP contribution in [0.15, 0.2) is 0 Å². The van der Waals surface area contributed by atoms with E-state index in [0.717, 1.165) is 6.42 Å². The summed E-state index contributed by atoms with van der Waals surface area (Å²) in [4.78, 5) is 23.5. The SMILES string of the molecule is CCOC(=O)NCCOC(=O)C(C)(CC(C)(C)C)C(C)C. The van der Waals surface area contributed by atoms with E-state index in [1.54, 1.807) is 6.92 Å². The zero-order valence-electron chi connectivity index (χ0n) is 14.5. The van der Waals surface area contributed by atoms with Crippen molar-refractivity contribution in [2.75, 3.05) is 19.8 Å². The van der Waals surface area contributed by atoms with Crippen molar-refractivity contribution in [3.8, 4) is 0 Å². The Balaban J connectivity index is 4.41. The molecule has 1 atom stereocenters. The van der Waals surface area contributed by atoms with Crippen molar-refractivity contribution >= 4 is 12.1 Å². The van der Waals surface area contributed by atoms with E-state index in [1.807, 2.05) is 20.8 Å². The maximum atomic E-state index is 12.4. The van der Waals surface area contributed by atoms with Crippen LogP contribution in [0.3, 0.4) is 0 Å². The van der Waals surface area contributed by atoms with Crippen LogP contribution in [0.4, 0.5) is 4.79 Å². The van der Waals surface area contributed by atoms with Gasteiger partial charge < -0.3 is 14.8 Å². The highest BCUT2D eigenvalue weighted by Crippen LogP contribution is 2.40. The second-order valence-electron chi connectivity index (χ2n) is 7.09. The minimum Gasteiger partial charge on any atom is -0.463 e. The number of hydrogen-bond acceptors (Lipinski definition) is 4. The quantitative estimate of drug-likeness (QED) is 0.578. The van der Waals surface area contributed by atoms with Gasteiger partial charge in [-0.25, -0.2) is 4.79 Å². The molecule has 0 rings (SSSR count). The lowest BCUT2D eigenvalue weighted by molar-refractivity contribution is -0.159. The van der Waals surface area contributed by atoms with Crippen LogP contribution in [0.25, 0.3) is 0 Å². The molecule has 0 fully saturated rings. The van der Waals surface area contributed by atoms with Gasteiger partial charge in [-0.3, -0.25) is 4.79 Å². The molecule has 21 heavy (non-hydrogen) atoms. The fourth-order valence-corrected chi connectivity index (χ4v) is 2.26. The first-order valence-corrected chi connectivity index (χ1v) is 7.60. The number of ether oxygens (including phenoxy) is 2. The van der Waals surface area contributed by atoms with Gasteiger partial charge in [-0.2, -0.15) is 0 Å². The fraction of sp³-hybridized carbons (Fsp3) is 0.875. The second-order valence-corrected chi connectivity index (χ2v) is 7.09. The Bertz CT molecular complexity index is 347. The van der Waals surface area contributed by atoms with Crippen LogP contribution in [-0.2, 0) is 14.3 Å². The molecule has 0 aliphatic rings. The van der Waals surface area contributed by atoms with Crippen molar-refractivity contribution < 1.29 is 19.1 Å². The van der Waals surface area contributed by atoms with Gasteiger partial charge in [0.2, 0.25) is 0 Å². The van der Waals surface area contributed by atoms with Crippen LogP contribution in [0.1, 0.15) is 54.9 Å². The summed E-state index contributed by atoms with van der Waals surface area (Å²) in [5.74, 6) is -0.0275. The van der Waals surface area contributed by atoms with Crippen LogP contribution in [0.5, 0.6) is 0 Å². The smallest absolute Gasteiger partial charge is 0.407 e. The molecule has 0 aromatic rings. The summed E-state index contributed by atoms with van der Waals surface area (Å²) in [6, 6.07) is 0. The van der Waals surface area contributed by atoms with Crippen LogP contribution >= 0.6 is 0 Å². The van der Waals surface area contributed by atoms with E-state index >= 15 is 0 Å². The topological polar surface area (TPSA) is 64.6 Å². The average Bonchev–Trinajstić information content (AvgIpc) is 2.32. The molecule has 0 bridgehead atoms. The summed E-state index contributed by atoms with van der Waals surface area (Å²) in [7, 11) is 0. The van der Waals surface area contributed by atoms with Gasteiger partial charge >= 0.3 is 12.1 Å². The molecule has 1 unspecified atom stereocenters. The molecular formula is C16H31NO4. The molecular weight excluding hydrogens is 270 g/mol. The number of hydrogen-bond donors (Lipinski definition) is 1. The lowest BCUT2D eigenvalue weighted by Gasteiger charge is -2.36. The van der Waals surface area contributed by atoms with E-state index in [0.29, 0.717) is 6.61 Å². The highest BCUT2D eigenvalue weighted by molar-refractivity contribution is 5.76. The molecule has 1 N–H and O–H groups in total. The second kappa shape index (κ2) is 8.25. The number of carbonyl (C=O) groups is 2. The number of rotatable bonds is 7. The predicted molar refractivity (Wildman–Crippen MR) is 83.0 cm³/mol. The zero-order chi connectivity index (χ0) is 16.7. The van der Waals surface area contributed by atoms with Gasteiger partial charge in [-0.15, -0.1) is 0 Å². The highest BCUT2D eigenvalue weighted by atomic mass is 16.6. The Kier molecular flexibility index (Phi) is 7.75. The minimum atomic E-state index is -0.526. The molecule has 0 aromatic heterocycles. The number of nitrogens with one attached hydrogen (secondary N) is 1. The number of carbonyl (C=O) groups excluding carboxylic acids is 2. The maximum Gasteiger partial charge on any atom is 0.407 e. The lowest BCUT2D eigenvalue weighted by Crippen LogP contribution is -2.39. The predicted octanol–water partition coefficient (Wildman–Crippen LogP) is 3.37. The van der Waals surface area contributed by atoms with Crippen molar-refractivity contribution in [3.63, 3.8) is 0 Å². The average molecular weight is 301 g/mol. The molecule has 0 spiro atoms. The summed E-state index contributed by atoms with van der Waals surface area (Å²) >= 11 is 0. The van der Waals surface area contributed by atoms with Gasteiger partial charge in [0.05, 0.1) is 18.6 Å². The Morgan fingerprint density at radius 1 is 1.10 bits per heavy atom. The fourth-order valence-electron chi connectivity index (χ4n) is 2.26. The van der Waals surface area contributed by atoms with Crippen LogP contribution in [0, 0.1) is 16.7 Å². The molecule has 0 saturated heterocycles.